The lowest BCUT2D eigenvalue weighted by Crippen LogP contribution is -2.54. The average Bonchev–Trinajstić information content (AvgIpc) is 2.82. The fourth-order valence-electron chi connectivity index (χ4n) is 4.01. The Bertz CT molecular complexity index is 1190. The average molecular weight is 558 g/mol. The fraction of sp³-hybridized carbons (Fsp3) is 0.333. The van der Waals surface area contributed by atoms with Crippen LogP contribution in [0.15, 0.2) is 72.8 Å². The number of carbonyl (C=O) groups excluding carboxylic acids is 2. The van der Waals surface area contributed by atoms with Gasteiger partial charge in [0, 0.05) is 34.3 Å². The Morgan fingerprint density at radius 2 is 1.54 bits per heavy atom. The first-order chi connectivity index (χ1) is 17.5. The topological polar surface area (TPSA) is 49.4 Å². The SMILES string of the molecule is Cc1cccc(CN(C(=O)CSCc2c(Cl)cccc2Cl)[C@@H](Cc2ccccc2)C(=O)NC(C)(C)C)c1. The molecule has 0 fully saturated rings. The van der Waals surface area contributed by atoms with E-state index in [9.17, 15) is 9.59 Å². The molecule has 0 aliphatic heterocycles. The molecule has 0 radical (unpaired) electrons. The van der Waals surface area contributed by atoms with Crippen molar-refractivity contribution in [2.45, 2.75) is 58.0 Å². The Labute approximate surface area is 234 Å². The molecule has 0 saturated heterocycles. The molecular formula is C30H34Cl2N2O2S. The van der Waals surface area contributed by atoms with E-state index in [0.29, 0.717) is 28.8 Å². The zero-order chi connectivity index (χ0) is 27.0. The highest BCUT2D eigenvalue weighted by Crippen LogP contribution is 2.28. The zero-order valence-corrected chi connectivity index (χ0v) is 24.1. The number of thioether (sulfide) groups is 1. The molecule has 3 aromatic carbocycles. The molecule has 196 valence electrons. The minimum absolute atomic E-state index is 0.111. The summed E-state index contributed by atoms with van der Waals surface area (Å²) >= 11 is 14.1. The van der Waals surface area contributed by atoms with Gasteiger partial charge in [-0.15, -0.1) is 11.8 Å². The summed E-state index contributed by atoms with van der Waals surface area (Å²) in [7, 11) is 0. The maximum absolute atomic E-state index is 13.8. The first-order valence-corrected chi connectivity index (χ1v) is 14.2. The van der Waals surface area contributed by atoms with Gasteiger partial charge in [0.05, 0.1) is 5.75 Å². The Balaban J connectivity index is 1.89. The van der Waals surface area contributed by atoms with E-state index in [4.69, 9.17) is 23.2 Å². The number of aryl methyl sites for hydroxylation is 1. The Kier molecular flexibility index (Phi) is 10.5. The summed E-state index contributed by atoms with van der Waals surface area (Å²) in [5, 5.41) is 4.25. The van der Waals surface area contributed by atoms with E-state index in [1.54, 1.807) is 23.1 Å². The van der Waals surface area contributed by atoms with Gasteiger partial charge in [0.25, 0.3) is 0 Å². The predicted octanol–water partition coefficient (Wildman–Crippen LogP) is 7.09. The van der Waals surface area contributed by atoms with Crippen LogP contribution in [-0.2, 0) is 28.3 Å². The summed E-state index contributed by atoms with van der Waals surface area (Å²) in [5.41, 5.74) is 3.45. The van der Waals surface area contributed by atoms with Gasteiger partial charge in [0.1, 0.15) is 6.04 Å². The lowest BCUT2D eigenvalue weighted by molar-refractivity contribution is -0.140. The van der Waals surface area contributed by atoms with E-state index in [-0.39, 0.29) is 17.6 Å². The number of nitrogens with one attached hydrogen (secondary N) is 1. The molecule has 7 heteroatoms. The van der Waals surface area contributed by atoms with Crippen molar-refractivity contribution in [1.29, 1.82) is 0 Å². The maximum Gasteiger partial charge on any atom is 0.243 e. The van der Waals surface area contributed by atoms with Crippen LogP contribution < -0.4 is 5.32 Å². The standard InChI is InChI=1S/C30H34Cl2N2O2S/c1-21-10-8-13-23(16-21)18-34(28(35)20-37-19-24-25(31)14-9-15-26(24)32)27(29(36)33-30(2,3)4)17-22-11-6-5-7-12-22/h5-16,27H,17-20H2,1-4H3,(H,33,36)/t27-/m0/s1. The van der Waals surface area contributed by atoms with E-state index in [0.717, 1.165) is 22.3 Å². The summed E-state index contributed by atoms with van der Waals surface area (Å²) in [6, 6.07) is 22.6. The van der Waals surface area contributed by atoms with Gasteiger partial charge in [0.2, 0.25) is 11.8 Å². The van der Waals surface area contributed by atoms with Gasteiger partial charge in [-0.05, 0) is 56.5 Å². The lowest BCUT2D eigenvalue weighted by Gasteiger charge is -2.34. The van der Waals surface area contributed by atoms with Crippen LogP contribution in [0.2, 0.25) is 10.0 Å². The molecule has 2 amide bonds. The van der Waals surface area contributed by atoms with Crippen LogP contribution in [0.3, 0.4) is 0 Å². The van der Waals surface area contributed by atoms with Gasteiger partial charge in [0.15, 0.2) is 0 Å². The number of rotatable bonds is 10. The van der Waals surface area contributed by atoms with E-state index in [1.165, 1.54) is 11.8 Å². The van der Waals surface area contributed by atoms with Gasteiger partial charge >= 0.3 is 0 Å². The molecule has 0 unspecified atom stereocenters. The maximum atomic E-state index is 13.8. The molecule has 0 aliphatic carbocycles. The summed E-state index contributed by atoms with van der Waals surface area (Å²) in [5.74, 6) is 0.415. The lowest BCUT2D eigenvalue weighted by atomic mass is 10.0. The first kappa shape index (κ1) is 29.1. The van der Waals surface area contributed by atoms with Crippen molar-refractivity contribution in [3.8, 4) is 0 Å². The molecule has 4 nitrogen and oxygen atoms in total. The van der Waals surface area contributed by atoms with Gasteiger partial charge < -0.3 is 10.2 Å². The molecule has 3 rings (SSSR count). The van der Waals surface area contributed by atoms with Crippen molar-refractivity contribution in [1.82, 2.24) is 10.2 Å². The van der Waals surface area contributed by atoms with Crippen molar-refractivity contribution in [2.75, 3.05) is 5.75 Å². The molecule has 0 spiro atoms. The summed E-state index contributed by atoms with van der Waals surface area (Å²) in [6.07, 6.45) is 0.418. The number of amides is 2. The normalized spacial score (nSPS) is 12.2. The minimum Gasteiger partial charge on any atom is -0.350 e. The molecule has 0 saturated carbocycles. The van der Waals surface area contributed by atoms with Crippen molar-refractivity contribution >= 4 is 46.8 Å². The van der Waals surface area contributed by atoms with E-state index >= 15 is 0 Å². The number of hydrogen-bond donors (Lipinski definition) is 1. The third-order valence-corrected chi connectivity index (χ3v) is 7.39. The van der Waals surface area contributed by atoms with Crippen molar-refractivity contribution in [2.24, 2.45) is 0 Å². The smallest absolute Gasteiger partial charge is 0.243 e. The van der Waals surface area contributed by atoms with Gasteiger partial charge in [-0.3, -0.25) is 9.59 Å². The monoisotopic (exact) mass is 556 g/mol. The van der Waals surface area contributed by atoms with Crippen LogP contribution in [0.5, 0.6) is 0 Å². The number of halogens is 2. The number of carbonyl (C=O) groups is 2. The van der Waals surface area contributed by atoms with Crippen LogP contribution >= 0.6 is 35.0 Å². The summed E-state index contributed by atoms with van der Waals surface area (Å²) in [4.78, 5) is 29.1. The predicted molar refractivity (Wildman–Crippen MR) is 156 cm³/mol. The number of nitrogens with zero attached hydrogens (tertiary/aromatic N) is 1. The van der Waals surface area contributed by atoms with Crippen molar-refractivity contribution in [3.05, 3.63) is 105 Å². The molecular weight excluding hydrogens is 523 g/mol. The quantitative estimate of drug-likeness (QED) is 0.290. The Morgan fingerprint density at radius 3 is 2.16 bits per heavy atom. The molecule has 0 aromatic heterocycles. The highest BCUT2D eigenvalue weighted by molar-refractivity contribution is 7.99. The molecule has 3 aromatic rings. The van der Waals surface area contributed by atoms with Crippen LogP contribution in [-0.4, -0.2) is 34.0 Å². The van der Waals surface area contributed by atoms with Crippen LogP contribution in [0.25, 0.3) is 0 Å². The molecule has 1 atom stereocenters. The largest absolute Gasteiger partial charge is 0.350 e. The van der Waals surface area contributed by atoms with E-state index < -0.39 is 11.6 Å². The number of hydrogen-bond acceptors (Lipinski definition) is 3. The highest BCUT2D eigenvalue weighted by atomic mass is 35.5. The zero-order valence-electron chi connectivity index (χ0n) is 21.8. The summed E-state index contributed by atoms with van der Waals surface area (Å²) in [6.45, 7) is 8.19. The third kappa shape index (κ3) is 9.10. The van der Waals surface area contributed by atoms with Crippen molar-refractivity contribution in [3.63, 3.8) is 0 Å². The molecule has 1 N–H and O–H groups in total. The molecule has 0 bridgehead atoms. The van der Waals surface area contributed by atoms with E-state index in [2.05, 4.69) is 11.4 Å². The second kappa shape index (κ2) is 13.4. The van der Waals surface area contributed by atoms with E-state index in [1.807, 2.05) is 76.2 Å². The molecule has 0 heterocycles. The molecule has 37 heavy (non-hydrogen) atoms. The molecule has 0 aliphatic rings. The minimum atomic E-state index is -0.667. The van der Waals surface area contributed by atoms with Gasteiger partial charge in [-0.1, -0.05) is 89.4 Å². The van der Waals surface area contributed by atoms with Crippen LogP contribution in [0.4, 0.5) is 0 Å². The third-order valence-electron chi connectivity index (χ3n) is 5.74. The Morgan fingerprint density at radius 1 is 0.919 bits per heavy atom. The number of benzene rings is 3. The Hall–Kier alpha value is -2.47. The fourth-order valence-corrected chi connectivity index (χ4v) is 5.65. The first-order valence-electron chi connectivity index (χ1n) is 12.2. The second-order valence-corrected chi connectivity index (χ2v) is 11.9. The van der Waals surface area contributed by atoms with Crippen LogP contribution in [0, 0.1) is 6.92 Å². The van der Waals surface area contributed by atoms with Gasteiger partial charge in [-0.2, -0.15) is 0 Å². The van der Waals surface area contributed by atoms with Crippen molar-refractivity contribution < 1.29 is 9.59 Å². The van der Waals surface area contributed by atoms with Crippen LogP contribution in [0.1, 0.15) is 43.0 Å². The highest BCUT2D eigenvalue weighted by Gasteiger charge is 2.32. The second-order valence-electron chi connectivity index (χ2n) is 10.1. The summed E-state index contributed by atoms with van der Waals surface area (Å²) < 4.78 is 0. The van der Waals surface area contributed by atoms with Gasteiger partial charge in [-0.25, -0.2) is 0 Å².